The lowest BCUT2D eigenvalue weighted by molar-refractivity contribution is -0.119. The molecule has 0 aliphatic heterocycles. The predicted molar refractivity (Wildman–Crippen MR) is 46.6 cm³/mol. The van der Waals surface area contributed by atoms with Gasteiger partial charge in [-0.15, -0.1) is 0 Å². The highest BCUT2D eigenvalue weighted by Crippen LogP contribution is 2.17. The molecular formula is C7H15NOS. The number of ketones is 1. The Bertz CT molecular complexity index is 128. The molecule has 60 valence electrons. The third-order valence-electron chi connectivity index (χ3n) is 1.40. The Balaban J connectivity index is 4.22. The van der Waals surface area contributed by atoms with Crippen molar-refractivity contribution in [3.63, 3.8) is 0 Å². The molecule has 0 unspecified atom stereocenters. The maximum absolute atomic E-state index is 10.9. The van der Waals surface area contributed by atoms with E-state index in [0.29, 0.717) is 0 Å². The van der Waals surface area contributed by atoms with Crippen LogP contribution in [0.1, 0.15) is 20.8 Å². The molecule has 0 fully saturated rings. The second-order valence-corrected chi connectivity index (χ2v) is 4.14. The van der Waals surface area contributed by atoms with Gasteiger partial charge in [0, 0.05) is 4.75 Å². The standard InChI is InChI=1S/C7H15NOS/c1-5(9)6(8-4)7(2,3)10/h6,8,10H,1-4H3/t6-/m1/s1. The molecule has 0 rings (SSSR count). The molecule has 0 saturated heterocycles. The molecule has 0 spiro atoms. The van der Waals surface area contributed by atoms with E-state index in [2.05, 4.69) is 17.9 Å². The van der Waals surface area contributed by atoms with Crippen LogP contribution in [0.25, 0.3) is 0 Å². The number of hydrogen-bond acceptors (Lipinski definition) is 3. The number of Topliss-reactive ketones (excluding diaryl/α,β-unsaturated/α-hetero) is 1. The molecule has 0 radical (unpaired) electrons. The lowest BCUT2D eigenvalue weighted by atomic mass is 10.0. The first-order valence-corrected chi connectivity index (χ1v) is 3.74. The van der Waals surface area contributed by atoms with E-state index >= 15 is 0 Å². The van der Waals surface area contributed by atoms with Crippen LogP contribution >= 0.6 is 12.6 Å². The van der Waals surface area contributed by atoms with Crippen LogP contribution in [0.4, 0.5) is 0 Å². The van der Waals surface area contributed by atoms with Crippen molar-refractivity contribution in [1.29, 1.82) is 0 Å². The largest absolute Gasteiger partial charge is 0.309 e. The summed E-state index contributed by atoms with van der Waals surface area (Å²) in [5, 5.41) is 2.92. The molecule has 0 aliphatic carbocycles. The smallest absolute Gasteiger partial charge is 0.148 e. The third-order valence-corrected chi connectivity index (χ3v) is 1.66. The third kappa shape index (κ3) is 2.71. The number of thiol groups is 1. The number of hydrogen-bond donors (Lipinski definition) is 2. The highest BCUT2D eigenvalue weighted by Gasteiger charge is 2.27. The molecule has 10 heavy (non-hydrogen) atoms. The number of rotatable bonds is 3. The van der Waals surface area contributed by atoms with Crippen molar-refractivity contribution in [2.75, 3.05) is 7.05 Å². The summed E-state index contributed by atoms with van der Waals surface area (Å²) in [4.78, 5) is 10.9. The maximum atomic E-state index is 10.9. The summed E-state index contributed by atoms with van der Waals surface area (Å²) in [6.07, 6.45) is 0. The van der Waals surface area contributed by atoms with Crippen molar-refractivity contribution in [3.8, 4) is 0 Å². The van der Waals surface area contributed by atoms with Gasteiger partial charge in [0.15, 0.2) is 0 Å². The Hall–Kier alpha value is -0.0200. The average Bonchev–Trinajstić information content (AvgIpc) is 1.60. The van der Waals surface area contributed by atoms with E-state index in [-0.39, 0.29) is 16.6 Å². The van der Waals surface area contributed by atoms with Crippen molar-refractivity contribution in [1.82, 2.24) is 5.32 Å². The molecule has 0 aliphatic rings. The van der Waals surface area contributed by atoms with Gasteiger partial charge in [0.1, 0.15) is 5.78 Å². The fourth-order valence-corrected chi connectivity index (χ4v) is 1.36. The monoisotopic (exact) mass is 161 g/mol. The second kappa shape index (κ2) is 3.39. The van der Waals surface area contributed by atoms with E-state index in [0.717, 1.165) is 0 Å². The normalized spacial score (nSPS) is 14.9. The van der Waals surface area contributed by atoms with Crippen molar-refractivity contribution >= 4 is 18.4 Å². The zero-order chi connectivity index (χ0) is 8.36. The number of carbonyl (C=O) groups is 1. The molecule has 1 atom stereocenters. The number of nitrogens with one attached hydrogen (secondary N) is 1. The molecule has 0 bridgehead atoms. The first kappa shape index (κ1) is 9.98. The first-order chi connectivity index (χ1) is 4.39. The quantitative estimate of drug-likeness (QED) is 0.601. The Labute approximate surface area is 67.8 Å². The molecule has 0 aromatic carbocycles. The predicted octanol–water partition coefficient (Wildman–Crippen LogP) is 0.872. The SMILES string of the molecule is CN[C@H](C(C)=O)C(C)(C)S. The fraction of sp³-hybridized carbons (Fsp3) is 0.857. The Kier molecular flexibility index (Phi) is 3.39. The molecule has 0 heterocycles. The molecule has 0 amide bonds. The summed E-state index contributed by atoms with van der Waals surface area (Å²) in [7, 11) is 1.77. The van der Waals surface area contributed by atoms with Gasteiger partial charge in [-0.1, -0.05) is 0 Å². The molecule has 0 saturated carbocycles. The van der Waals surface area contributed by atoms with Crippen LogP contribution in [0.2, 0.25) is 0 Å². The minimum absolute atomic E-state index is 0.127. The van der Waals surface area contributed by atoms with Crippen molar-refractivity contribution < 1.29 is 4.79 Å². The highest BCUT2D eigenvalue weighted by atomic mass is 32.1. The van der Waals surface area contributed by atoms with Gasteiger partial charge >= 0.3 is 0 Å². The van der Waals surface area contributed by atoms with E-state index in [1.807, 2.05) is 13.8 Å². The van der Waals surface area contributed by atoms with Gasteiger partial charge in [-0.3, -0.25) is 4.79 Å². The second-order valence-electron chi connectivity index (χ2n) is 2.99. The summed E-state index contributed by atoms with van der Waals surface area (Å²) in [5.41, 5.74) is 0. The van der Waals surface area contributed by atoms with Crippen LogP contribution in [0.5, 0.6) is 0 Å². The zero-order valence-electron chi connectivity index (χ0n) is 6.93. The van der Waals surface area contributed by atoms with E-state index in [1.54, 1.807) is 14.0 Å². The lowest BCUT2D eigenvalue weighted by Crippen LogP contribution is -2.46. The maximum Gasteiger partial charge on any atom is 0.148 e. The molecule has 0 aromatic rings. The Morgan fingerprint density at radius 1 is 1.60 bits per heavy atom. The Morgan fingerprint density at radius 2 is 2.00 bits per heavy atom. The number of likely N-dealkylation sites (N-methyl/N-ethyl adjacent to an activating group) is 1. The van der Waals surface area contributed by atoms with E-state index < -0.39 is 0 Å². The van der Waals surface area contributed by atoms with Crippen LogP contribution in [0, 0.1) is 0 Å². The van der Waals surface area contributed by atoms with Gasteiger partial charge in [0.05, 0.1) is 6.04 Å². The van der Waals surface area contributed by atoms with E-state index in [1.165, 1.54) is 0 Å². The zero-order valence-corrected chi connectivity index (χ0v) is 7.83. The van der Waals surface area contributed by atoms with Crippen molar-refractivity contribution in [2.24, 2.45) is 0 Å². The van der Waals surface area contributed by atoms with E-state index in [9.17, 15) is 4.79 Å². The van der Waals surface area contributed by atoms with Crippen LogP contribution in [0.15, 0.2) is 0 Å². The fourth-order valence-electron chi connectivity index (χ4n) is 1.05. The molecule has 3 heteroatoms. The van der Waals surface area contributed by atoms with Gasteiger partial charge < -0.3 is 5.32 Å². The van der Waals surface area contributed by atoms with Crippen LogP contribution < -0.4 is 5.32 Å². The molecule has 1 N–H and O–H groups in total. The first-order valence-electron chi connectivity index (χ1n) is 3.29. The molecule has 0 aromatic heterocycles. The van der Waals surface area contributed by atoms with Crippen LogP contribution in [-0.2, 0) is 4.79 Å². The summed E-state index contributed by atoms with van der Waals surface area (Å²) in [6.45, 7) is 5.40. The average molecular weight is 161 g/mol. The summed E-state index contributed by atoms with van der Waals surface area (Å²) >= 11 is 4.29. The molecular weight excluding hydrogens is 146 g/mol. The van der Waals surface area contributed by atoms with Crippen molar-refractivity contribution in [3.05, 3.63) is 0 Å². The molecule has 2 nitrogen and oxygen atoms in total. The minimum Gasteiger partial charge on any atom is -0.309 e. The number of carbonyl (C=O) groups excluding carboxylic acids is 1. The van der Waals surface area contributed by atoms with Crippen LogP contribution in [0.3, 0.4) is 0 Å². The summed E-state index contributed by atoms with van der Waals surface area (Å²) < 4.78 is -0.277. The van der Waals surface area contributed by atoms with Gasteiger partial charge in [-0.05, 0) is 27.8 Å². The highest BCUT2D eigenvalue weighted by molar-refractivity contribution is 7.81. The minimum atomic E-state index is -0.277. The van der Waals surface area contributed by atoms with Crippen LogP contribution in [-0.4, -0.2) is 23.6 Å². The van der Waals surface area contributed by atoms with Gasteiger partial charge in [-0.2, -0.15) is 12.6 Å². The lowest BCUT2D eigenvalue weighted by Gasteiger charge is -2.26. The summed E-state index contributed by atoms with van der Waals surface area (Å²) in [5.74, 6) is 0.127. The van der Waals surface area contributed by atoms with Gasteiger partial charge in [0.2, 0.25) is 0 Å². The Morgan fingerprint density at radius 3 is 2.00 bits per heavy atom. The topological polar surface area (TPSA) is 29.1 Å². The summed E-state index contributed by atoms with van der Waals surface area (Å²) in [6, 6.07) is -0.157. The van der Waals surface area contributed by atoms with E-state index in [4.69, 9.17) is 0 Å². The van der Waals surface area contributed by atoms with Gasteiger partial charge in [-0.25, -0.2) is 0 Å². The van der Waals surface area contributed by atoms with Gasteiger partial charge in [0.25, 0.3) is 0 Å². The van der Waals surface area contributed by atoms with Crippen molar-refractivity contribution in [2.45, 2.75) is 31.6 Å².